The summed E-state index contributed by atoms with van der Waals surface area (Å²) in [6.07, 6.45) is 4.32. The number of rotatable bonds is 6. The molecule has 0 saturated carbocycles. The molecular weight excluding hydrogens is 276 g/mol. The van der Waals surface area contributed by atoms with Crippen LogP contribution >= 0.6 is 11.6 Å². The standard InChI is InChI=1S/C13H17ClN6/c1-3-5-16-13-18-8-11(14)12(20-13)17-7-10-4-6-15-9(2)19-10/h4,6,8H,3,5,7H2,1-2H3,(H2,16,17,18,20). The van der Waals surface area contributed by atoms with Crippen LogP contribution < -0.4 is 10.6 Å². The molecule has 0 bridgehead atoms. The summed E-state index contributed by atoms with van der Waals surface area (Å²) in [5.74, 6) is 1.90. The molecule has 2 N–H and O–H groups in total. The van der Waals surface area contributed by atoms with Crippen LogP contribution in [0.5, 0.6) is 0 Å². The van der Waals surface area contributed by atoms with Crippen LogP contribution in [0.1, 0.15) is 24.9 Å². The Kier molecular flexibility index (Phi) is 5.06. The van der Waals surface area contributed by atoms with Gasteiger partial charge in [-0.3, -0.25) is 0 Å². The predicted molar refractivity (Wildman–Crippen MR) is 79.9 cm³/mol. The third-order valence-electron chi connectivity index (χ3n) is 2.55. The molecule has 0 saturated heterocycles. The van der Waals surface area contributed by atoms with E-state index in [1.54, 1.807) is 12.4 Å². The van der Waals surface area contributed by atoms with Crippen LogP contribution in [0, 0.1) is 6.92 Å². The van der Waals surface area contributed by atoms with Crippen LogP contribution in [-0.4, -0.2) is 26.5 Å². The second-order valence-electron chi connectivity index (χ2n) is 4.27. The van der Waals surface area contributed by atoms with Gasteiger partial charge in [-0.05, 0) is 19.4 Å². The molecule has 2 aromatic heterocycles. The zero-order valence-electron chi connectivity index (χ0n) is 11.5. The quantitative estimate of drug-likeness (QED) is 0.852. The summed E-state index contributed by atoms with van der Waals surface area (Å²) in [6, 6.07) is 1.85. The fourth-order valence-electron chi connectivity index (χ4n) is 1.59. The molecule has 0 aromatic carbocycles. The van der Waals surface area contributed by atoms with E-state index in [9.17, 15) is 0 Å². The molecule has 0 atom stereocenters. The van der Waals surface area contributed by atoms with Gasteiger partial charge in [-0.25, -0.2) is 15.0 Å². The summed E-state index contributed by atoms with van der Waals surface area (Å²) in [5.41, 5.74) is 0.884. The monoisotopic (exact) mass is 292 g/mol. The SMILES string of the molecule is CCCNc1ncc(Cl)c(NCc2ccnc(C)n2)n1. The highest BCUT2D eigenvalue weighted by Crippen LogP contribution is 2.19. The lowest BCUT2D eigenvalue weighted by molar-refractivity contribution is 0.936. The fraction of sp³-hybridized carbons (Fsp3) is 0.385. The normalized spacial score (nSPS) is 10.3. The van der Waals surface area contributed by atoms with E-state index in [1.807, 2.05) is 13.0 Å². The van der Waals surface area contributed by atoms with Crippen molar-refractivity contribution in [3.05, 3.63) is 35.0 Å². The number of nitrogens with zero attached hydrogens (tertiary/aromatic N) is 4. The molecule has 7 heteroatoms. The molecule has 0 aliphatic rings. The third-order valence-corrected chi connectivity index (χ3v) is 2.82. The Bertz CT molecular complexity index is 575. The Morgan fingerprint density at radius 2 is 2.05 bits per heavy atom. The van der Waals surface area contributed by atoms with Gasteiger partial charge in [-0.1, -0.05) is 18.5 Å². The van der Waals surface area contributed by atoms with E-state index in [1.165, 1.54) is 0 Å². The number of halogens is 1. The van der Waals surface area contributed by atoms with Crippen molar-refractivity contribution in [2.24, 2.45) is 0 Å². The van der Waals surface area contributed by atoms with Gasteiger partial charge in [-0.15, -0.1) is 0 Å². The fourth-order valence-corrected chi connectivity index (χ4v) is 1.75. The number of hydrogen-bond donors (Lipinski definition) is 2. The van der Waals surface area contributed by atoms with Gasteiger partial charge in [0.05, 0.1) is 18.4 Å². The minimum atomic E-state index is 0.484. The molecule has 0 amide bonds. The van der Waals surface area contributed by atoms with Gasteiger partial charge >= 0.3 is 0 Å². The zero-order chi connectivity index (χ0) is 14.4. The average molecular weight is 293 g/mol. The van der Waals surface area contributed by atoms with Crippen LogP contribution in [0.4, 0.5) is 11.8 Å². The van der Waals surface area contributed by atoms with Crippen molar-refractivity contribution in [2.45, 2.75) is 26.8 Å². The van der Waals surface area contributed by atoms with Gasteiger partial charge in [0.2, 0.25) is 5.95 Å². The minimum absolute atomic E-state index is 0.484. The van der Waals surface area contributed by atoms with Gasteiger partial charge in [0.15, 0.2) is 5.82 Å². The number of nitrogens with one attached hydrogen (secondary N) is 2. The van der Waals surface area contributed by atoms with E-state index < -0.39 is 0 Å². The Morgan fingerprint density at radius 1 is 1.20 bits per heavy atom. The third kappa shape index (κ3) is 4.03. The first-order chi connectivity index (χ1) is 9.69. The Hall–Kier alpha value is -1.95. The molecule has 2 aromatic rings. The van der Waals surface area contributed by atoms with Crippen molar-refractivity contribution in [1.29, 1.82) is 0 Å². The predicted octanol–water partition coefficient (Wildman–Crippen LogP) is 2.66. The molecular formula is C13H17ClN6. The van der Waals surface area contributed by atoms with Crippen molar-refractivity contribution in [3.8, 4) is 0 Å². The molecule has 2 rings (SSSR count). The molecule has 106 valence electrons. The second kappa shape index (κ2) is 7.00. The highest BCUT2D eigenvalue weighted by Gasteiger charge is 2.05. The number of hydrogen-bond acceptors (Lipinski definition) is 6. The summed E-state index contributed by atoms with van der Waals surface area (Å²) < 4.78 is 0. The molecule has 0 fully saturated rings. The molecule has 6 nitrogen and oxygen atoms in total. The lowest BCUT2D eigenvalue weighted by atomic mass is 10.4. The summed E-state index contributed by atoms with van der Waals surface area (Å²) in [4.78, 5) is 16.8. The molecule has 0 radical (unpaired) electrons. The van der Waals surface area contributed by atoms with Crippen molar-refractivity contribution in [3.63, 3.8) is 0 Å². The highest BCUT2D eigenvalue weighted by molar-refractivity contribution is 6.32. The van der Waals surface area contributed by atoms with Crippen molar-refractivity contribution in [1.82, 2.24) is 19.9 Å². The van der Waals surface area contributed by atoms with Gasteiger partial charge in [-0.2, -0.15) is 4.98 Å². The first-order valence-electron chi connectivity index (χ1n) is 6.48. The van der Waals surface area contributed by atoms with Crippen LogP contribution in [0.15, 0.2) is 18.5 Å². The lowest BCUT2D eigenvalue weighted by Crippen LogP contribution is -2.09. The van der Waals surface area contributed by atoms with Gasteiger partial charge in [0, 0.05) is 12.7 Å². The topological polar surface area (TPSA) is 75.6 Å². The first kappa shape index (κ1) is 14.5. The number of anilines is 2. The zero-order valence-corrected chi connectivity index (χ0v) is 12.3. The summed E-state index contributed by atoms with van der Waals surface area (Å²) in [7, 11) is 0. The lowest BCUT2D eigenvalue weighted by Gasteiger charge is -2.09. The molecule has 2 heterocycles. The van der Waals surface area contributed by atoms with Crippen LogP contribution in [-0.2, 0) is 6.54 Å². The van der Waals surface area contributed by atoms with Crippen LogP contribution in [0.25, 0.3) is 0 Å². The van der Waals surface area contributed by atoms with E-state index in [2.05, 4.69) is 37.5 Å². The average Bonchev–Trinajstić information content (AvgIpc) is 2.45. The number of aryl methyl sites for hydroxylation is 1. The van der Waals surface area contributed by atoms with Crippen molar-refractivity contribution >= 4 is 23.4 Å². The molecule has 20 heavy (non-hydrogen) atoms. The number of aromatic nitrogens is 4. The Morgan fingerprint density at radius 3 is 2.80 bits per heavy atom. The van der Waals surface area contributed by atoms with Crippen LogP contribution in [0.3, 0.4) is 0 Å². The maximum atomic E-state index is 6.08. The molecule has 0 spiro atoms. The summed E-state index contributed by atoms with van der Waals surface area (Å²) in [5, 5.41) is 6.77. The van der Waals surface area contributed by atoms with Gasteiger partial charge < -0.3 is 10.6 Å². The van der Waals surface area contributed by atoms with Crippen molar-refractivity contribution in [2.75, 3.05) is 17.2 Å². The van der Waals surface area contributed by atoms with Gasteiger partial charge in [0.25, 0.3) is 0 Å². The van der Waals surface area contributed by atoms with Crippen molar-refractivity contribution < 1.29 is 0 Å². The van der Waals surface area contributed by atoms with E-state index in [0.717, 1.165) is 24.5 Å². The first-order valence-corrected chi connectivity index (χ1v) is 6.85. The highest BCUT2D eigenvalue weighted by atomic mass is 35.5. The second-order valence-corrected chi connectivity index (χ2v) is 4.67. The van der Waals surface area contributed by atoms with Gasteiger partial charge in [0.1, 0.15) is 10.8 Å². The molecule has 0 aliphatic heterocycles. The Balaban J connectivity index is 2.04. The Labute approximate surface area is 123 Å². The summed E-state index contributed by atoms with van der Waals surface area (Å²) >= 11 is 6.08. The molecule has 0 unspecified atom stereocenters. The minimum Gasteiger partial charge on any atom is -0.363 e. The smallest absolute Gasteiger partial charge is 0.224 e. The van der Waals surface area contributed by atoms with E-state index in [-0.39, 0.29) is 0 Å². The van der Waals surface area contributed by atoms with E-state index >= 15 is 0 Å². The maximum absolute atomic E-state index is 6.08. The van der Waals surface area contributed by atoms with Crippen LogP contribution in [0.2, 0.25) is 5.02 Å². The maximum Gasteiger partial charge on any atom is 0.224 e. The van der Waals surface area contributed by atoms with E-state index in [0.29, 0.717) is 23.3 Å². The molecule has 0 aliphatic carbocycles. The summed E-state index contributed by atoms with van der Waals surface area (Å²) in [6.45, 7) is 5.30. The van der Waals surface area contributed by atoms with E-state index in [4.69, 9.17) is 11.6 Å². The largest absolute Gasteiger partial charge is 0.363 e.